The number of anilines is 1. The second kappa shape index (κ2) is 4.19. The third-order valence-corrected chi connectivity index (χ3v) is 2.96. The van der Waals surface area contributed by atoms with Gasteiger partial charge in [0.05, 0.1) is 5.69 Å². The van der Waals surface area contributed by atoms with Crippen molar-refractivity contribution in [1.29, 1.82) is 5.26 Å². The summed E-state index contributed by atoms with van der Waals surface area (Å²) in [6.07, 6.45) is -3.00. The van der Waals surface area contributed by atoms with E-state index >= 15 is 0 Å². The number of alkyl halides is 2. The zero-order valence-electron chi connectivity index (χ0n) is 7.49. The molecule has 0 saturated carbocycles. The van der Waals surface area contributed by atoms with Crippen molar-refractivity contribution in [2.75, 3.05) is 5.73 Å². The summed E-state index contributed by atoms with van der Waals surface area (Å²) in [6, 6.07) is 2.05. The van der Waals surface area contributed by atoms with Gasteiger partial charge in [0.15, 0.2) is 5.69 Å². The predicted octanol–water partition coefficient (Wildman–Crippen LogP) is 1.40. The largest absolute Gasteiger partial charge is 0.397 e. The van der Waals surface area contributed by atoms with Gasteiger partial charge in [-0.05, 0) is 6.07 Å². The number of pyridine rings is 1. The van der Waals surface area contributed by atoms with Crippen molar-refractivity contribution in [2.45, 2.75) is 11.3 Å². The van der Waals surface area contributed by atoms with Crippen LogP contribution in [0.4, 0.5) is 14.5 Å². The quantitative estimate of drug-likeness (QED) is 0.817. The predicted molar refractivity (Wildman–Crippen MR) is 51.4 cm³/mol. The van der Waals surface area contributed by atoms with Crippen LogP contribution in [0.25, 0.3) is 0 Å². The van der Waals surface area contributed by atoms with Gasteiger partial charge in [-0.3, -0.25) is 0 Å². The molecule has 0 amide bonds. The molecule has 0 aromatic carbocycles. The summed E-state index contributed by atoms with van der Waals surface area (Å²) in [5.41, 5.74) is 3.08. The molecule has 0 aliphatic rings. The number of hydrogen-bond donors (Lipinski definition) is 1. The first-order valence-corrected chi connectivity index (χ1v) is 6.01. The molecule has 16 heavy (non-hydrogen) atoms. The summed E-state index contributed by atoms with van der Waals surface area (Å²) >= 11 is 0. The first kappa shape index (κ1) is 12.6. The summed E-state index contributed by atoms with van der Waals surface area (Å²) in [5, 5.41) is 8.56. The summed E-state index contributed by atoms with van der Waals surface area (Å²) in [5.74, 6) is 0. The number of nitrogen functional groups attached to an aromatic ring is 1. The van der Waals surface area contributed by atoms with E-state index in [4.69, 9.17) is 21.7 Å². The average molecular weight is 268 g/mol. The van der Waals surface area contributed by atoms with Gasteiger partial charge in [0.1, 0.15) is 16.7 Å². The highest BCUT2D eigenvalue weighted by atomic mass is 35.7. The van der Waals surface area contributed by atoms with Crippen molar-refractivity contribution in [3.63, 3.8) is 0 Å². The van der Waals surface area contributed by atoms with E-state index in [1.54, 1.807) is 0 Å². The highest BCUT2D eigenvalue weighted by Crippen LogP contribution is 2.28. The van der Waals surface area contributed by atoms with Crippen molar-refractivity contribution in [3.05, 3.63) is 17.5 Å². The highest BCUT2D eigenvalue weighted by Gasteiger charge is 2.23. The van der Waals surface area contributed by atoms with Gasteiger partial charge in [-0.15, -0.1) is 0 Å². The van der Waals surface area contributed by atoms with Crippen LogP contribution in [0.1, 0.15) is 17.8 Å². The lowest BCUT2D eigenvalue weighted by Crippen LogP contribution is -2.06. The number of hydrogen-bond acceptors (Lipinski definition) is 5. The second-order valence-corrected chi connectivity index (χ2v) is 5.19. The van der Waals surface area contributed by atoms with Crippen LogP contribution in [0.3, 0.4) is 0 Å². The standard InChI is InChI=1S/C7H4ClF2N3O2S/c8-16(14,15)5-1-3(12)6(7(9)10)13-4(5)2-11/h1,7H,12H2. The fraction of sp³-hybridized carbons (Fsp3) is 0.143. The van der Waals surface area contributed by atoms with E-state index in [0.717, 1.165) is 0 Å². The smallest absolute Gasteiger partial charge is 0.282 e. The molecule has 0 saturated heterocycles. The lowest BCUT2D eigenvalue weighted by Gasteiger charge is -2.06. The van der Waals surface area contributed by atoms with Gasteiger partial charge in [0.25, 0.3) is 15.5 Å². The van der Waals surface area contributed by atoms with Gasteiger partial charge in [0, 0.05) is 10.7 Å². The molecule has 9 heteroatoms. The molecule has 0 aliphatic heterocycles. The molecule has 0 fully saturated rings. The summed E-state index contributed by atoms with van der Waals surface area (Å²) in [4.78, 5) is 2.48. The third kappa shape index (κ3) is 2.37. The lowest BCUT2D eigenvalue weighted by atomic mass is 10.2. The first-order valence-electron chi connectivity index (χ1n) is 3.70. The highest BCUT2D eigenvalue weighted by molar-refractivity contribution is 8.13. The third-order valence-electron chi connectivity index (χ3n) is 1.62. The van der Waals surface area contributed by atoms with Crippen LogP contribution in [0, 0.1) is 11.3 Å². The number of aromatic nitrogens is 1. The Bertz CT molecular complexity index is 568. The van der Waals surface area contributed by atoms with Gasteiger partial charge < -0.3 is 5.73 Å². The fourth-order valence-corrected chi connectivity index (χ4v) is 1.91. The zero-order chi connectivity index (χ0) is 12.5. The van der Waals surface area contributed by atoms with Crippen LogP contribution in [0.5, 0.6) is 0 Å². The lowest BCUT2D eigenvalue weighted by molar-refractivity contribution is 0.147. The molecule has 0 aliphatic carbocycles. The van der Waals surface area contributed by atoms with Gasteiger partial charge in [-0.2, -0.15) is 5.26 Å². The monoisotopic (exact) mass is 267 g/mol. The van der Waals surface area contributed by atoms with Gasteiger partial charge in [0.2, 0.25) is 0 Å². The van der Waals surface area contributed by atoms with Crippen molar-refractivity contribution in [1.82, 2.24) is 4.98 Å². The minimum Gasteiger partial charge on any atom is -0.397 e. The second-order valence-electron chi connectivity index (χ2n) is 2.66. The van der Waals surface area contributed by atoms with Crippen LogP contribution in [0.15, 0.2) is 11.0 Å². The van der Waals surface area contributed by atoms with Crippen molar-refractivity contribution >= 4 is 25.4 Å². The molecule has 0 bridgehead atoms. The maximum Gasteiger partial charge on any atom is 0.282 e. The zero-order valence-corrected chi connectivity index (χ0v) is 9.06. The molecule has 1 heterocycles. The van der Waals surface area contributed by atoms with E-state index in [-0.39, 0.29) is 0 Å². The van der Waals surface area contributed by atoms with E-state index < -0.39 is 37.4 Å². The number of nitrogens with two attached hydrogens (primary N) is 1. The number of nitriles is 1. The van der Waals surface area contributed by atoms with Gasteiger partial charge >= 0.3 is 0 Å². The average Bonchev–Trinajstić information content (AvgIpc) is 2.15. The van der Waals surface area contributed by atoms with Gasteiger partial charge in [-0.1, -0.05) is 0 Å². The first-order chi connectivity index (χ1) is 7.27. The fourth-order valence-electron chi connectivity index (χ4n) is 0.964. The minimum absolute atomic E-state index is 0.534. The van der Waals surface area contributed by atoms with Gasteiger partial charge in [-0.25, -0.2) is 22.2 Å². The van der Waals surface area contributed by atoms with E-state index in [0.29, 0.717) is 6.07 Å². The molecule has 1 aromatic heterocycles. The number of nitrogens with zero attached hydrogens (tertiary/aromatic N) is 2. The maximum absolute atomic E-state index is 12.3. The summed E-state index contributed by atoms with van der Waals surface area (Å²) in [7, 11) is 0.736. The molecular formula is C7H4ClF2N3O2S. The molecule has 0 unspecified atom stereocenters. The summed E-state index contributed by atoms with van der Waals surface area (Å²) in [6.45, 7) is 0. The molecule has 0 spiro atoms. The molecule has 5 nitrogen and oxygen atoms in total. The number of halogens is 3. The van der Waals surface area contributed by atoms with E-state index in [1.807, 2.05) is 0 Å². The van der Waals surface area contributed by atoms with Crippen LogP contribution >= 0.6 is 10.7 Å². The van der Waals surface area contributed by atoms with Crippen molar-refractivity contribution in [3.8, 4) is 6.07 Å². The Hall–Kier alpha value is -1.46. The van der Waals surface area contributed by atoms with Crippen molar-refractivity contribution < 1.29 is 17.2 Å². The molecule has 0 radical (unpaired) electrons. The Labute approximate surface area is 93.9 Å². The number of rotatable bonds is 2. The molecule has 1 rings (SSSR count). The van der Waals surface area contributed by atoms with Crippen molar-refractivity contribution in [2.24, 2.45) is 0 Å². The molecule has 2 N–H and O–H groups in total. The van der Waals surface area contributed by atoms with E-state index in [1.165, 1.54) is 6.07 Å². The maximum atomic E-state index is 12.3. The Morgan fingerprint density at radius 2 is 2.12 bits per heavy atom. The van der Waals surface area contributed by atoms with E-state index in [2.05, 4.69) is 4.98 Å². The normalized spacial score (nSPS) is 11.4. The van der Waals surface area contributed by atoms with Crippen LogP contribution in [-0.4, -0.2) is 13.4 Å². The van der Waals surface area contributed by atoms with Crippen LogP contribution in [-0.2, 0) is 9.05 Å². The summed E-state index contributed by atoms with van der Waals surface area (Å²) < 4.78 is 46.6. The molecular weight excluding hydrogens is 264 g/mol. The Balaban J connectivity index is 3.59. The Morgan fingerprint density at radius 1 is 1.56 bits per heavy atom. The molecule has 1 aromatic rings. The van der Waals surface area contributed by atoms with Crippen LogP contribution < -0.4 is 5.73 Å². The molecule has 86 valence electrons. The van der Waals surface area contributed by atoms with E-state index in [9.17, 15) is 17.2 Å². The van der Waals surface area contributed by atoms with Crippen LogP contribution in [0.2, 0.25) is 0 Å². The Kier molecular flexibility index (Phi) is 3.30. The SMILES string of the molecule is N#Cc1nc(C(F)F)c(N)cc1S(=O)(=O)Cl. The topological polar surface area (TPSA) is 96.8 Å². The Morgan fingerprint density at radius 3 is 2.50 bits per heavy atom. The minimum atomic E-state index is -4.25. The molecule has 0 atom stereocenters.